The second-order valence-corrected chi connectivity index (χ2v) is 10.6. The van der Waals surface area contributed by atoms with Gasteiger partial charge in [0.25, 0.3) is 0 Å². The van der Waals surface area contributed by atoms with Gasteiger partial charge in [0.1, 0.15) is 0 Å². The van der Waals surface area contributed by atoms with E-state index in [9.17, 15) is 8.42 Å². The molecule has 0 aliphatic heterocycles. The Kier molecular flexibility index (Phi) is 22.9. The van der Waals surface area contributed by atoms with E-state index in [1.54, 1.807) is 0 Å². The van der Waals surface area contributed by atoms with Crippen LogP contribution >= 0.6 is 0 Å². The van der Waals surface area contributed by atoms with E-state index in [0.717, 1.165) is 25.7 Å². The van der Waals surface area contributed by atoms with Crippen molar-refractivity contribution in [1.82, 2.24) is 0 Å². The van der Waals surface area contributed by atoms with Gasteiger partial charge in [0.05, 0.1) is 6.61 Å². The molecule has 0 saturated carbocycles. The molecule has 0 fully saturated rings. The first kappa shape index (κ1) is 30.9. The molecule has 0 bridgehead atoms. The van der Waals surface area contributed by atoms with Gasteiger partial charge in [0.2, 0.25) is 0 Å². The predicted octanol–water partition coefficient (Wildman–Crippen LogP) is 9.04. The summed E-state index contributed by atoms with van der Waals surface area (Å²) in [5.74, 6) is 0.241. The third kappa shape index (κ3) is 26.0. The molecular weight excluding hydrogens is 408 g/mol. The molecule has 4 nitrogen and oxygen atoms in total. The smallest absolute Gasteiger partial charge is 0.264 e. The lowest BCUT2D eigenvalue weighted by Crippen LogP contribution is -2.14. The molecule has 0 heterocycles. The third-order valence-corrected chi connectivity index (χ3v) is 6.82. The number of rotatable bonds is 25. The summed E-state index contributed by atoms with van der Waals surface area (Å²) >= 11 is 0. The molecule has 0 saturated heterocycles. The van der Waals surface area contributed by atoms with Crippen molar-refractivity contribution < 1.29 is 17.2 Å². The van der Waals surface area contributed by atoms with Crippen LogP contribution in [0.4, 0.5) is 0 Å². The second kappa shape index (κ2) is 23.0. The van der Waals surface area contributed by atoms with Gasteiger partial charge < -0.3 is 0 Å². The molecule has 5 heteroatoms. The highest BCUT2D eigenvalue weighted by atomic mass is 32.3. The summed E-state index contributed by atoms with van der Waals surface area (Å²) in [6, 6.07) is 0. The Morgan fingerprint density at radius 2 is 0.839 bits per heavy atom. The van der Waals surface area contributed by atoms with Crippen LogP contribution in [0.3, 0.4) is 0 Å². The van der Waals surface area contributed by atoms with Crippen molar-refractivity contribution in [2.75, 3.05) is 6.61 Å². The van der Waals surface area contributed by atoms with Crippen LogP contribution in [0.25, 0.3) is 0 Å². The van der Waals surface area contributed by atoms with Gasteiger partial charge in [-0.1, -0.05) is 142 Å². The van der Waals surface area contributed by atoms with Gasteiger partial charge in [0.15, 0.2) is 0 Å². The molecule has 0 spiro atoms. The second-order valence-electron chi connectivity index (χ2n) is 9.52. The minimum absolute atomic E-state index is 0.129. The van der Waals surface area contributed by atoms with Crippen molar-refractivity contribution in [3.63, 3.8) is 0 Å². The minimum atomic E-state index is -4.32. The molecule has 31 heavy (non-hydrogen) atoms. The average Bonchev–Trinajstić information content (AvgIpc) is 2.73. The van der Waals surface area contributed by atoms with Crippen LogP contribution in [0, 0.1) is 5.92 Å². The third-order valence-electron chi connectivity index (χ3n) is 6.38. The lowest BCUT2D eigenvalue weighted by atomic mass is 9.95. The van der Waals surface area contributed by atoms with Gasteiger partial charge in [-0.05, 0) is 18.8 Å². The summed E-state index contributed by atoms with van der Waals surface area (Å²) in [7, 11) is -4.32. The van der Waals surface area contributed by atoms with E-state index < -0.39 is 10.4 Å². The number of unbranched alkanes of at least 4 members (excludes halogenated alkanes) is 18. The van der Waals surface area contributed by atoms with E-state index in [2.05, 4.69) is 18.0 Å². The fourth-order valence-electron chi connectivity index (χ4n) is 4.33. The highest BCUT2D eigenvalue weighted by Crippen LogP contribution is 2.20. The highest BCUT2D eigenvalue weighted by molar-refractivity contribution is 7.80. The van der Waals surface area contributed by atoms with E-state index in [0.29, 0.717) is 0 Å². The average molecular weight is 463 g/mol. The molecule has 0 radical (unpaired) electrons. The van der Waals surface area contributed by atoms with Gasteiger partial charge in [-0.15, -0.1) is 0 Å². The van der Waals surface area contributed by atoms with Crippen molar-refractivity contribution in [2.45, 2.75) is 155 Å². The summed E-state index contributed by atoms with van der Waals surface area (Å²) in [4.78, 5) is 0. The van der Waals surface area contributed by atoms with E-state index in [1.165, 1.54) is 116 Å². The van der Waals surface area contributed by atoms with Crippen LogP contribution in [0.1, 0.15) is 155 Å². The normalized spacial score (nSPS) is 13.0. The maximum atomic E-state index is 10.9. The van der Waals surface area contributed by atoms with E-state index >= 15 is 0 Å². The predicted molar refractivity (Wildman–Crippen MR) is 134 cm³/mol. The molecule has 0 aromatic rings. The summed E-state index contributed by atoms with van der Waals surface area (Å²) in [5.41, 5.74) is 0. The van der Waals surface area contributed by atoms with E-state index in [1.807, 2.05) is 0 Å². The zero-order valence-corrected chi connectivity index (χ0v) is 21.7. The van der Waals surface area contributed by atoms with Crippen LogP contribution in [0.2, 0.25) is 0 Å². The first-order valence-corrected chi connectivity index (χ1v) is 15.0. The van der Waals surface area contributed by atoms with Crippen molar-refractivity contribution in [3.8, 4) is 0 Å². The number of hydrogen-bond acceptors (Lipinski definition) is 3. The Bertz CT molecular complexity index is 450. The van der Waals surface area contributed by atoms with Crippen LogP contribution in [0.15, 0.2) is 0 Å². The fourth-order valence-corrected chi connectivity index (χ4v) is 4.70. The zero-order valence-electron chi connectivity index (χ0n) is 20.9. The maximum Gasteiger partial charge on any atom is 0.397 e. The Hall–Kier alpha value is -0.130. The van der Waals surface area contributed by atoms with Crippen LogP contribution < -0.4 is 0 Å². The van der Waals surface area contributed by atoms with Crippen LogP contribution in [-0.2, 0) is 14.6 Å². The van der Waals surface area contributed by atoms with Crippen LogP contribution in [-0.4, -0.2) is 19.6 Å². The molecule has 1 N–H and O–H groups in total. The maximum absolute atomic E-state index is 10.9. The molecule has 0 aromatic heterocycles. The van der Waals surface area contributed by atoms with Gasteiger partial charge in [-0.25, -0.2) is 4.18 Å². The van der Waals surface area contributed by atoms with E-state index in [-0.39, 0.29) is 12.5 Å². The minimum Gasteiger partial charge on any atom is -0.264 e. The zero-order chi connectivity index (χ0) is 23.0. The summed E-state index contributed by atoms with van der Waals surface area (Å²) in [6.45, 7) is 4.59. The molecule has 0 amide bonds. The lowest BCUT2D eigenvalue weighted by molar-refractivity contribution is 0.204. The van der Waals surface area contributed by atoms with Gasteiger partial charge in [-0.2, -0.15) is 8.42 Å². The Balaban J connectivity index is 3.54. The summed E-state index contributed by atoms with van der Waals surface area (Å²) in [6.07, 6.45) is 28.5. The quantitative estimate of drug-likeness (QED) is 0.108. The van der Waals surface area contributed by atoms with Gasteiger partial charge in [0, 0.05) is 0 Å². The fraction of sp³-hybridized carbons (Fsp3) is 1.00. The Morgan fingerprint density at radius 1 is 0.548 bits per heavy atom. The molecule has 0 aliphatic carbocycles. The van der Waals surface area contributed by atoms with E-state index in [4.69, 9.17) is 4.55 Å². The summed E-state index contributed by atoms with van der Waals surface area (Å²) in [5, 5.41) is 0. The van der Waals surface area contributed by atoms with Crippen molar-refractivity contribution in [1.29, 1.82) is 0 Å². The molecule has 0 aromatic carbocycles. The Morgan fingerprint density at radius 3 is 1.16 bits per heavy atom. The molecule has 0 aliphatic rings. The highest BCUT2D eigenvalue weighted by Gasteiger charge is 2.13. The van der Waals surface area contributed by atoms with Crippen molar-refractivity contribution in [2.24, 2.45) is 5.92 Å². The van der Waals surface area contributed by atoms with Gasteiger partial charge in [-0.3, -0.25) is 4.55 Å². The van der Waals surface area contributed by atoms with Crippen LogP contribution in [0.5, 0.6) is 0 Å². The molecule has 188 valence electrons. The number of hydrogen-bond donors (Lipinski definition) is 1. The molecule has 0 rings (SSSR count). The van der Waals surface area contributed by atoms with Crippen molar-refractivity contribution in [3.05, 3.63) is 0 Å². The SMILES string of the molecule is CCCCCCCCCCCCCCCCCCC(CCCCCC)COS(=O)(=O)O. The summed E-state index contributed by atoms with van der Waals surface area (Å²) < 4.78 is 35.2. The van der Waals surface area contributed by atoms with Gasteiger partial charge >= 0.3 is 10.4 Å². The standard InChI is InChI=1S/C26H54O4S/c1-3-5-7-9-10-11-12-13-14-15-16-17-18-19-20-22-24-26(23-21-8-6-4-2)25-30-31(27,28)29/h26H,3-25H2,1-2H3,(H,27,28,29). The monoisotopic (exact) mass is 462 g/mol. The van der Waals surface area contributed by atoms with Crippen molar-refractivity contribution >= 4 is 10.4 Å². The first-order valence-electron chi connectivity index (χ1n) is 13.6. The molecule has 1 unspecified atom stereocenters. The first-order chi connectivity index (χ1) is 15.0. The molecular formula is C26H54O4S. The topological polar surface area (TPSA) is 63.6 Å². The molecule has 1 atom stereocenters. The Labute approximate surface area is 195 Å². The largest absolute Gasteiger partial charge is 0.397 e. The lowest BCUT2D eigenvalue weighted by Gasteiger charge is -2.16.